The van der Waals surface area contributed by atoms with E-state index in [1.807, 2.05) is 6.07 Å². The van der Waals surface area contributed by atoms with Gasteiger partial charge in [-0.2, -0.15) is 18.4 Å². The minimum absolute atomic E-state index is 0.0611. The predicted octanol–water partition coefficient (Wildman–Crippen LogP) is 8.25. The molecule has 3 rings (SSSR count). The minimum Gasteiger partial charge on any atom is -0.486 e. The lowest BCUT2D eigenvalue weighted by molar-refractivity contribution is -0.0328. The Kier molecular flexibility index (Phi) is 9.06. The zero-order valence-electron chi connectivity index (χ0n) is 18.3. The number of nitrogens with zero attached hydrogens (tertiary/aromatic N) is 1. The summed E-state index contributed by atoms with van der Waals surface area (Å²) in [5.74, 6) is 0.241. The molecule has 0 saturated heterocycles. The molecule has 1 amide bonds. The Balaban J connectivity index is 1.72. The lowest BCUT2D eigenvalue weighted by atomic mass is 10.1. The summed E-state index contributed by atoms with van der Waals surface area (Å²) in [6.07, 6.45) is 0. The molecule has 0 heterocycles. The lowest BCUT2D eigenvalue weighted by Gasteiger charge is -2.24. The van der Waals surface area contributed by atoms with Gasteiger partial charge in [0.05, 0.1) is 11.1 Å². The predicted molar refractivity (Wildman–Crippen MR) is 136 cm³/mol. The van der Waals surface area contributed by atoms with Gasteiger partial charge in [-0.15, -0.1) is 0 Å². The van der Waals surface area contributed by atoms with Gasteiger partial charge in [-0.25, -0.2) is 0 Å². The quantitative estimate of drug-likeness (QED) is 0.257. The molecule has 0 fully saturated rings. The molecule has 0 aliphatic heterocycles. The fourth-order valence-corrected chi connectivity index (χ4v) is 4.13. The number of thioether (sulfide) groups is 1. The molecule has 0 saturated carbocycles. The zero-order valence-corrected chi connectivity index (χ0v) is 22.2. The van der Waals surface area contributed by atoms with Crippen LogP contribution in [0.2, 0.25) is 10.0 Å². The fourth-order valence-electron chi connectivity index (χ4n) is 2.81. The Morgan fingerprint density at radius 1 is 1.06 bits per heavy atom. The highest BCUT2D eigenvalue weighted by molar-refractivity contribution is 9.10. The Hall–Kier alpha value is -2.58. The Morgan fingerprint density at radius 3 is 2.33 bits per heavy atom. The van der Waals surface area contributed by atoms with Crippen LogP contribution in [0.15, 0.2) is 70.0 Å². The summed E-state index contributed by atoms with van der Waals surface area (Å²) in [7, 11) is 0. The smallest absolute Gasteiger partial charge is 0.446 e. The summed E-state index contributed by atoms with van der Waals surface area (Å²) < 4.78 is 49.9. The van der Waals surface area contributed by atoms with Crippen molar-refractivity contribution >= 4 is 56.8 Å². The molecular formula is C24H16BrCl2F3N2O3S. The lowest BCUT2D eigenvalue weighted by Crippen LogP contribution is -2.49. The third-order valence-electron chi connectivity index (χ3n) is 4.52. The largest absolute Gasteiger partial charge is 0.486 e. The first kappa shape index (κ1) is 28.0. The molecule has 1 atom stereocenters. The normalized spacial score (nSPS) is 12.8. The van der Waals surface area contributed by atoms with Crippen molar-refractivity contribution in [2.45, 2.75) is 22.9 Å². The fraction of sp³-hybridized carbons (Fsp3) is 0.167. The first-order valence-corrected chi connectivity index (χ1v) is 12.4. The molecule has 0 bridgehead atoms. The first-order valence-electron chi connectivity index (χ1n) is 10.0. The number of hydrogen-bond donors (Lipinski definition) is 1. The molecule has 0 spiro atoms. The van der Waals surface area contributed by atoms with Crippen LogP contribution in [0.25, 0.3) is 0 Å². The second-order valence-electron chi connectivity index (χ2n) is 7.53. The molecule has 1 N–H and O–H groups in total. The first-order chi connectivity index (χ1) is 16.9. The van der Waals surface area contributed by atoms with E-state index in [-0.39, 0.29) is 45.3 Å². The summed E-state index contributed by atoms with van der Waals surface area (Å²) in [5, 5.41) is 13.0. The number of ether oxygens (including phenoxy) is 2. The Labute approximate surface area is 227 Å². The average molecular weight is 620 g/mol. The maximum Gasteiger partial charge on any atom is 0.446 e. The SMILES string of the molecule is C[C@](C#N)(COc1ccc(Br)cc1Oc1ccc(Cl)cc1Cl)NC(=O)c1ccc(SC(F)(F)F)cc1. The van der Waals surface area contributed by atoms with E-state index in [1.54, 1.807) is 30.3 Å². The van der Waals surface area contributed by atoms with Crippen molar-refractivity contribution in [1.82, 2.24) is 5.32 Å². The number of alkyl halides is 3. The monoisotopic (exact) mass is 618 g/mol. The number of carbonyl (C=O) groups is 1. The van der Waals surface area contributed by atoms with Crippen LogP contribution in [0.4, 0.5) is 13.2 Å². The van der Waals surface area contributed by atoms with Crippen LogP contribution in [0.1, 0.15) is 17.3 Å². The van der Waals surface area contributed by atoms with E-state index in [4.69, 9.17) is 32.7 Å². The van der Waals surface area contributed by atoms with Gasteiger partial charge in [-0.05, 0) is 79.3 Å². The van der Waals surface area contributed by atoms with Gasteiger partial charge in [0, 0.05) is 20.0 Å². The van der Waals surface area contributed by atoms with E-state index < -0.39 is 17.0 Å². The van der Waals surface area contributed by atoms with E-state index in [0.717, 1.165) is 0 Å². The second-order valence-corrected chi connectivity index (χ2v) is 10.4. The molecule has 0 aromatic heterocycles. The number of halogens is 6. The van der Waals surface area contributed by atoms with E-state index in [2.05, 4.69) is 21.2 Å². The molecule has 12 heteroatoms. The second kappa shape index (κ2) is 11.6. The number of amides is 1. The van der Waals surface area contributed by atoms with Crippen LogP contribution in [0.5, 0.6) is 17.2 Å². The van der Waals surface area contributed by atoms with Crippen molar-refractivity contribution in [2.24, 2.45) is 0 Å². The maximum absolute atomic E-state index is 12.6. The molecule has 0 unspecified atom stereocenters. The molecule has 5 nitrogen and oxygen atoms in total. The molecule has 0 aliphatic rings. The number of carbonyl (C=O) groups excluding carboxylic acids is 1. The van der Waals surface area contributed by atoms with Gasteiger partial charge >= 0.3 is 5.51 Å². The number of rotatable bonds is 8. The van der Waals surface area contributed by atoms with Crippen LogP contribution in [0, 0.1) is 11.3 Å². The number of nitriles is 1. The molecule has 188 valence electrons. The zero-order chi connectivity index (χ0) is 26.5. The van der Waals surface area contributed by atoms with E-state index in [0.29, 0.717) is 15.2 Å². The van der Waals surface area contributed by atoms with Gasteiger partial charge in [-0.1, -0.05) is 39.1 Å². The van der Waals surface area contributed by atoms with Gasteiger partial charge in [-0.3, -0.25) is 4.79 Å². The highest BCUT2D eigenvalue weighted by atomic mass is 79.9. The van der Waals surface area contributed by atoms with E-state index in [9.17, 15) is 23.2 Å². The summed E-state index contributed by atoms with van der Waals surface area (Å²) in [6.45, 7) is 1.19. The van der Waals surface area contributed by atoms with Gasteiger partial charge in [0.1, 0.15) is 12.4 Å². The van der Waals surface area contributed by atoms with Gasteiger partial charge < -0.3 is 14.8 Å². The number of hydrogen-bond acceptors (Lipinski definition) is 5. The number of benzene rings is 3. The summed E-state index contributed by atoms with van der Waals surface area (Å²) >= 11 is 15.2. The third kappa shape index (κ3) is 7.96. The molecule has 0 aliphatic carbocycles. The van der Waals surface area contributed by atoms with Crippen LogP contribution in [-0.2, 0) is 0 Å². The van der Waals surface area contributed by atoms with Crippen LogP contribution in [-0.4, -0.2) is 23.6 Å². The van der Waals surface area contributed by atoms with Gasteiger partial charge in [0.15, 0.2) is 17.0 Å². The van der Waals surface area contributed by atoms with Crippen molar-refractivity contribution in [3.63, 3.8) is 0 Å². The van der Waals surface area contributed by atoms with Crippen LogP contribution in [0.3, 0.4) is 0 Å². The highest BCUT2D eigenvalue weighted by Crippen LogP contribution is 2.38. The minimum atomic E-state index is -4.44. The molecular weight excluding hydrogens is 604 g/mol. The van der Waals surface area contributed by atoms with Gasteiger partial charge in [0.2, 0.25) is 0 Å². The molecule has 36 heavy (non-hydrogen) atoms. The summed E-state index contributed by atoms with van der Waals surface area (Å²) in [4.78, 5) is 12.6. The van der Waals surface area contributed by atoms with Crippen LogP contribution >= 0.6 is 50.9 Å². The van der Waals surface area contributed by atoms with E-state index >= 15 is 0 Å². The topological polar surface area (TPSA) is 71.3 Å². The Bertz CT molecular complexity index is 1300. The number of nitrogens with one attached hydrogen (secondary N) is 1. The molecule has 0 radical (unpaired) electrons. The standard InChI is InChI=1S/C24H16BrCl2F3N2O3S/c1-23(12-31,32-22(33)14-2-6-17(7-3-14)36-24(28,29)30)13-34-20-8-4-15(25)10-21(20)35-19-9-5-16(26)11-18(19)27/h2-11H,13H2,1H3,(H,32,33)/t23-/m0/s1. The maximum atomic E-state index is 12.6. The molecule has 3 aromatic rings. The van der Waals surface area contributed by atoms with Crippen molar-refractivity contribution in [1.29, 1.82) is 5.26 Å². The van der Waals surface area contributed by atoms with Crippen molar-refractivity contribution in [2.75, 3.05) is 6.61 Å². The highest BCUT2D eigenvalue weighted by Gasteiger charge is 2.30. The van der Waals surface area contributed by atoms with Crippen molar-refractivity contribution < 1.29 is 27.4 Å². The Morgan fingerprint density at radius 2 is 1.72 bits per heavy atom. The molecule has 3 aromatic carbocycles. The van der Waals surface area contributed by atoms with Crippen LogP contribution < -0.4 is 14.8 Å². The van der Waals surface area contributed by atoms with Crippen molar-refractivity contribution in [3.05, 3.63) is 80.7 Å². The van der Waals surface area contributed by atoms with Crippen molar-refractivity contribution in [3.8, 4) is 23.3 Å². The van der Waals surface area contributed by atoms with Gasteiger partial charge in [0.25, 0.3) is 5.91 Å². The average Bonchev–Trinajstić information content (AvgIpc) is 2.80. The summed E-state index contributed by atoms with van der Waals surface area (Å²) in [6, 6.07) is 16.5. The third-order valence-corrected chi connectivity index (χ3v) is 6.29. The summed E-state index contributed by atoms with van der Waals surface area (Å²) in [5.41, 5.74) is -5.82. The van der Waals surface area contributed by atoms with E-state index in [1.165, 1.54) is 37.3 Å².